The summed E-state index contributed by atoms with van der Waals surface area (Å²) in [5.74, 6) is 1.67. The SMILES string of the molecule is C=CC1c2ccc(N(c3ccccc3)c3ccccc3)cc2N2c3cccnc3N(C)C2C1C. The summed E-state index contributed by atoms with van der Waals surface area (Å²) < 4.78 is 0. The summed E-state index contributed by atoms with van der Waals surface area (Å²) in [7, 11) is 2.15. The zero-order chi connectivity index (χ0) is 23.2. The molecule has 4 aromatic rings. The number of para-hydroxylation sites is 2. The van der Waals surface area contributed by atoms with E-state index in [2.05, 4.69) is 126 Å². The minimum absolute atomic E-state index is 0.192. The third kappa shape index (κ3) is 3.02. The summed E-state index contributed by atoms with van der Waals surface area (Å²) in [5, 5.41) is 0. The Morgan fingerprint density at radius 2 is 1.50 bits per heavy atom. The number of hydrogen-bond acceptors (Lipinski definition) is 4. The van der Waals surface area contributed by atoms with Gasteiger partial charge in [-0.25, -0.2) is 4.98 Å². The fourth-order valence-electron chi connectivity index (χ4n) is 5.72. The van der Waals surface area contributed by atoms with Gasteiger partial charge in [-0.2, -0.15) is 0 Å². The van der Waals surface area contributed by atoms with E-state index in [0.29, 0.717) is 5.92 Å². The van der Waals surface area contributed by atoms with Crippen LogP contribution in [-0.2, 0) is 0 Å². The number of aromatic nitrogens is 1. The Morgan fingerprint density at radius 1 is 0.824 bits per heavy atom. The van der Waals surface area contributed by atoms with Gasteiger partial charge in [0.2, 0.25) is 0 Å². The Bertz CT molecular complexity index is 1300. The van der Waals surface area contributed by atoms with Gasteiger partial charge in [-0.15, -0.1) is 6.58 Å². The Balaban J connectivity index is 1.56. The predicted molar refractivity (Wildman–Crippen MR) is 142 cm³/mol. The van der Waals surface area contributed by atoms with Crippen LogP contribution in [0.1, 0.15) is 18.4 Å². The first kappa shape index (κ1) is 20.5. The lowest BCUT2D eigenvalue weighted by Gasteiger charge is -2.44. The molecule has 0 fully saturated rings. The second-order valence-corrected chi connectivity index (χ2v) is 9.11. The second kappa shape index (κ2) is 8.07. The molecule has 0 radical (unpaired) electrons. The molecule has 0 N–H and O–H groups in total. The van der Waals surface area contributed by atoms with Crippen LogP contribution < -0.4 is 14.7 Å². The van der Waals surface area contributed by atoms with Gasteiger partial charge in [0.15, 0.2) is 5.82 Å². The second-order valence-electron chi connectivity index (χ2n) is 9.11. The largest absolute Gasteiger partial charge is 0.337 e. The van der Waals surface area contributed by atoms with E-state index in [-0.39, 0.29) is 12.1 Å². The van der Waals surface area contributed by atoms with Crippen LogP contribution in [0.25, 0.3) is 0 Å². The third-order valence-electron chi connectivity index (χ3n) is 7.23. The Hall–Kier alpha value is -4.05. The molecular formula is C30H28N4. The molecule has 0 saturated heterocycles. The van der Waals surface area contributed by atoms with Gasteiger partial charge in [-0.05, 0) is 54.1 Å². The number of rotatable bonds is 4. The summed E-state index contributed by atoms with van der Waals surface area (Å²) in [4.78, 5) is 11.8. The topological polar surface area (TPSA) is 22.6 Å². The van der Waals surface area contributed by atoms with E-state index in [0.717, 1.165) is 28.6 Å². The van der Waals surface area contributed by atoms with Crippen molar-refractivity contribution in [2.75, 3.05) is 21.7 Å². The average Bonchev–Trinajstić information content (AvgIpc) is 3.19. The van der Waals surface area contributed by atoms with Crippen molar-refractivity contribution in [3.63, 3.8) is 0 Å². The number of pyridine rings is 1. The summed E-state index contributed by atoms with van der Waals surface area (Å²) in [5.41, 5.74) is 7.10. The van der Waals surface area contributed by atoms with Crippen LogP contribution in [0.3, 0.4) is 0 Å². The van der Waals surface area contributed by atoms with Crippen molar-refractivity contribution in [1.82, 2.24) is 4.98 Å². The number of nitrogens with zero attached hydrogens (tertiary/aromatic N) is 4. The Kier molecular flexibility index (Phi) is 4.88. The highest BCUT2D eigenvalue weighted by Gasteiger charge is 2.46. The highest BCUT2D eigenvalue weighted by atomic mass is 15.4. The molecule has 3 atom stereocenters. The van der Waals surface area contributed by atoms with Crippen molar-refractivity contribution in [3.05, 3.63) is 115 Å². The number of allylic oxidation sites excluding steroid dienone is 1. The highest BCUT2D eigenvalue weighted by molar-refractivity contribution is 5.87. The van der Waals surface area contributed by atoms with Crippen LogP contribution in [0.15, 0.2) is 110 Å². The lowest BCUT2D eigenvalue weighted by molar-refractivity contribution is 0.402. The van der Waals surface area contributed by atoms with Crippen LogP contribution in [0.4, 0.5) is 34.3 Å². The van der Waals surface area contributed by atoms with Crippen molar-refractivity contribution in [1.29, 1.82) is 0 Å². The standard InChI is InChI=1S/C30H28N4/c1-4-25-21(2)30-32(3)29-27(16-11-19-31-29)34(30)28-20-24(17-18-26(25)28)33(22-12-7-5-8-13-22)23-14-9-6-10-15-23/h4-21,25,30H,1H2,2-3H3. The lowest BCUT2D eigenvalue weighted by atomic mass is 9.80. The van der Waals surface area contributed by atoms with E-state index in [1.165, 1.54) is 11.3 Å². The van der Waals surface area contributed by atoms with Gasteiger partial charge in [0, 0.05) is 47.8 Å². The van der Waals surface area contributed by atoms with Crippen molar-refractivity contribution < 1.29 is 0 Å². The first-order valence-corrected chi connectivity index (χ1v) is 11.8. The Morgan fingerprint density at radius 3 is 2.15 bits per heavy atom. The van der Waals surface area contributed by atoms with Crippen molar-refractivity contribution in [2.24, 2.45) is 5.92 Å². The van der Waals surface area contributed by atoms with E-state index in [9.17, 15) is 0 Å². The molecule has 0 aliphatic carbocycles. The van der Waals surface area contributed by atoms with Gasteiger partial charge < -0.3 is 14.7 Å². The molecule has 0 saturated carbocycles. The maximum Gasteiger partial charge on any atom is 0.153 e. The highest BCUT2D eigenvalue weighted by Crippen LogP contribution is 2.54. The van der Waals surface area contributed by atoms with Crippen LogP contribution >= 0.6 is 0 Å². The molecule has 0 bridgehead atoms. The van der Waals surface area contributed by atoms with Gasteiger partial charge >= 0.3 is 0 Å². The first-order chi connectivity index (χ1) is 16.7. The first-order valence-electron chi connectivity index (χ1n) is 11.8. The molecular weight excluding hydrogens is 416 g/mol. The summed E-state index contributed by atoms with van der Waals surface area (Å²) in [6, 6.07) is 32.2. The van der Waals surface area contributed by atoms with E-state index in [1.54, 1.807) is 0 Å². The molecule has 3 unspecified atom stereocenters. The van der Waals surface area contributed by atoms with Crippen molar-refractivity contribution in [2.45, 2.75) is 19.0 Å². The molecule has 168 valence electrons. The number of anilines is 6. The fourth-order valence-corrected chi connectivity index (χ4v) is 5.72. The normalized spacial score (nSPS) is 20.4. The van der Waals surface area contributed by atoms with Crippen LogP contribution in [0.2, 0.25) is 0 Å². The minimum Gasteiger partial charge on any atom is -0.337 e. The van der Waals surface area contributed by atoms with Crippen molar-refractivity contribution in [3.8, 4) is 0 Å². The van der Waals surface area contributed by atoms with Crippen LogP contribution in [0, 0.1) is 5.92 Å². The van der Waals surface area contributed by atoms with Crippen LogP contribution in [0.5, 0.6) is 0 Å². The van der Waals surface area contributed by atoms with Gasteiger partial charge in [0.25, 0.3) is 0 Å². The minimum atomic E-state index is 0.192. The van der Waals surface area contributed by atoms with Crippen molar-refractivity contribution >= 4 is 34.3 Å². The van der Waals surface area contributed by atoms with Gasteiger partial charge in [-0.1, -0.05) is 55.5 Å². The molecule has 4 nitrogen and oxygen atoms in total. The maximum atomic E-state index is 4.72. The third-order valence-corrected chi connectivity index (χ3v) is 7.23. The monoisotopic (exact) mass is 444 g/mol. The molecule has 0 spiro atoms. The molecule has 6 rings (SSSR count). The predicted octanol–water partition coefficient (Wildman–Crippen LogP) is 7.38. The Labute approximate surface area is 201 Å². The zero-order valence-electron chi connectivity index (χ0n) is 19.5. The molecule has 1 aromatic heterocycles. The molecule has 3 heterocycles. The summed E-state index contributed by atoms with van der Waals surface area (Å²) in [6.45, 7) is 6.53. The molecule has 3 aromatic carbocycles. The number of hydrogen-bond donors (Lipinski definition) is 0. The quantitative estimate of drug-likeness (QED) is 0.306. The van der Waals surface area contributed by atoms with E-state index < -0.39 is 0 Å². The van der Waals surface area contributed by atoms with E-state index in [1.807, 2.05) is 12.3 Å². The van der Waals surface area contributed by atoms with E-state index in [4.69, 9.17) is 4.98 Å². The van der Waals surface area contributed by atoms with Gasteiger partial charge in [-0.3, -0.25) is 0 Å². The fraction of sp³-hybridized carbons (Fsp3) is 0.167. The smallest absolute Gasteiger partial charge is 0.153 e. The number of benzene rings is 3. The lowest BCUT2D eigenvalue weighted by Crippen LogP contribution is -2.48. The number of fused-ring (bicyclic) bond motifs is 5. The molecule has 4 heteroatoms. The van der Waals surface area contributed by atoms with Crippen LogP contribution in [-0.4, -0.2) is 18.2 Å². The maximum absolute atomic E-state index is 4.72. The summed E-state index contributed by atoms with van der Waals surface area (Å²) in [6.07, 6.45) is 4.18. The molecule has 2 aliphatic heterocycles. The van der Waals surface area contributed by atoms with Gasteiger partial charge in [0.1, 0.15) is 6.17 Å². The van der Waals surface area contributed by atoms with Gasteiger partial charge in [0.05, 0.1) is 5.69 Å². The molecule has 34 heavy (non-hydrogen) atoms. The summed E-state index contributed by atoms with van der Waals surface area (Å²) >= 11 is 0. The molecule has 0 amide bonds. The van der Waals surface area contributed by atoms with E-state index >= 15 is 0 Å². The molecule has 2 aliphatic rings. The average molecular weight is 445 g/mol. The zero-order valence-corrected chi connectivity index (χ0v) is 19.5.